The molecule has 100 valence electrons. The number of rotatable bonds is 6. The molecule has 1 aliphatic heterocycles. The van der Waals surface area contributed by atoms with Gasteiger partial charge < -0.3 is 14.6 Å². The van der Waals surface area contributed by atoms with Crippen LogP contribution in [0.15, 0.2) is 0 Å². The highest BCUT2D eigenvalue weighted by Gasteiger charge is 2.28. The van der Waals surface area contributed by atoms with Crippen molar-refractivity contribution in [3.8, 4) is 0 Å². The van der Waals surface area contributed by atoms with Crippen LogP contribution in [0.4, 0.5) is 0 Å². The molecular formula is C14H28N2O. The fourth-order valence-electron chi connectivity index (χ4n) is 2.85. The van der Waals surface area contributed by atoms with Gasteiger partial charge in [0.25, 0.3) is 0 Å². The summed E-state index contributed by atoms with van der Waals surface area (Å²) in [5.41, 5.74) is -0.139. The summed E-state index contributed by atoms with van der Waals surface area (Å²) in [7, 11) is 4.32. The molecule has 0 aromatic rings. The molecule has 0 aliphatic carbocycles. The van der Waals surface area contributed by atoms with Crippen LogP contribution < -0.4 is 0 Å². The van der Waals surface area contributed by atoms with Gasteiger partial charge in [0.2, 0.25) is 0 Å². The van der Waals surface area contributed by atoms with E-state index in [-0.39, 0.29) is 5.41 Å². The van der Waals surface area contributed by atoms with E-state index in [1.54, 1.807) is 0 Å². The van der Waals surface area contributed by atoms with E-state index in [2.05, 4.69) is 37.7 Å². The van der Waals surface area contributed by atoms with Crippen molar-refractivity contribution in [2.75, 3.05) is 33.7 Å². The van der Waals surface area contributed by atoms with Gasteiger partial charge in [-0.3, -0.25) is 0 Å². The molecular weight excluding hydrogens is 212 g/mol. The van der Waals surface area contributed by atoms with E-state index < -0.39 is 0 Å². The second-order valence-corrected chi connectivity index (χ2v) is 5.99. The van der Waals surface area contributed by atoms with E-state index in [1.165, 1.54) is 12.8 Å². The summed E-state index contributed by atoms with van der Waals surface area (Å²) in [5, 5.41) is 0. The van der Waals surface area contributed by atoms with Crippen molar-refractivity contribution in [3.05, 3.63) is 0 Å². The minimum atomic E-state index is -0.139. The molecule has 1 saturated heterocycles. The van der Waals surface area contributed by atoms with Gasteiger partial charge in [-0.25, -0.2) is 0 Å². The molecule has 1 unspecified atom stereocenters. The quantitative estimate of drug-likeness (QED) is 0.664. The Hall–Kier alpha value is -0.410. The molecule has 0 aromatic heterocycles. The van der Waals surface area contributed by atoms with Crippen molar-refractivity contribution in [1.82, 2.24) is 9.80 Å². The van der Waals surface area contributed by atoms with Crippen LogP contribution in [0.1, 0.15) is 39.5 Å². The molecule has 3 nitrogen and oxygen atoms in total. The second kappa shape index (κ2) is 6.50. The van der Waals surface area contributed by atoms with Gasteiger partial charge in [-0.1, -0.05) is 20.3 Å². The van der Waals surface area contributed by atoms with E-state index >= 15 is 0 Å². The fourth-order valence-corrected chi connectivity index (χ4v) is 2.85. The molecule has 0 spiro atoms. The molecule has 1 atom stereocenters. The Labute approximate surface area is 106 Å². The molecule has 0 radical (unpaired) electrons. The number of hydrogen-bond acceptors (Lipinski definition) is 3. The molecule has 1 aliphatic rings. The molecule has 1 rings (SSSR count). The maximum absolute atomic E-state index is 11.2. The number of piperidine rings is 1. The van der Waals surface area contributed by atoms with Crippen LogP contribution in [-0.2, 0) is 4.79 Å². The van der Waals surface area contributed by atoms with Gasteiger partial charge in [-0.15, -0.1) is 0 Å². The lowest BCUT2D eigenvalue weighted by molar-refractivity contribution is -0.117. The van der Waals surface area contributed by atoms with Gasteiger partial charge in [0.05, 0.1) is 0 Å². The first-order chi connectivity index (χ1) is 8.00. The van der Waals surface area contributed by atoms with Crippen molar-refractivity contribution < 1.29 is 4.79 Å². The second-order valence-electron chi connectivity index (χ2n) is 5.99. The summed E-state index contributed by atoms with van der Waals surface area (Å²) in [6.45, 7) is 7.46. The van der Waals surface area contributed by atoms with E-state index in [9.17, 15) is 4.79 Å². The van der Waals surface area contributed by atoms with E-state index in [4.69, 9.17) is 0 Å². The minimum absolute atomic E-state index is 0.139. The zero-order valence-corrected chi connectivity index (χ0v) is 11.9. The predicted octanol–water partition coefficient (Wildman–Crippen LogP) is 2.02. The Morgan fingerprint density at radius 1 is 1.35 bits per heavy atom. The summed E-state index contributed by atoms with van der Waals surface area (Å²) in [5.74, 6) is 0. The monoisotopic (exact) mass is 240 g/mol. The van der Waals surface area contributed by atoms with E-state index in [0.717, 1.165) is 44.8 Å². The maximum Gasteiger partial charge on any atom is 0.127 e. The number of aldehydes is 1. The first kappa shape index (κ1) is 14.7. The van der Waals surface area contributed by atoms with Crippen LogP contribution in [0.25, 0.3) is 0 Å². The average molecular weight is 240 g/mol. The largest absolute Gasteiger partial charge is 0.306 e. The van der Waals surface area contributed by atoms with Crippen LogP contribution in [0.3, 0.4) is 0 Å². The molecule has 0 N–H and O–H groups in total. The Morgan fingerprint density at radius 3 is 2.35 bits per heavy atom. The van der Waals surface area contributed by atoms with Crippen LogP contribution in [0, 0.1) is 5.41 Å². The number of carbonyl (C=O) groups excluding carboxylic acids is 1. The summed E-state index contributed by atoms with van der Waals surface area (Å²) in [6, 6.07) is 0.722. The van der Waals surface area contributed by atoms with Gasteiger partial charge in [0.1, 0.15) is 6.29 Å². The van der Waals surface area contributed by atoms with Crippen molar-refractivity contribution in [2.45, 2.75) is 45.6 Å². The first-order valence-electron chi connectivity index (χ1n) is 6.86. The van der Waals surface area contributed by atoms with Gasteiger partial charge in [-0.2, -0.15) is 0 Å². The van der Waals surface area contributed by atoms with E-state index in [1.807, 2.05) is 0 Å². The van der Waals surface area contributed by atoms with Gasteiger partial charge >= 0.3 is 0 Å². The third kappa shape index (κ3) is 4.40. The highest BCUT2D eigenvalue weighted by atomic mass is 16.1. The fraction of sp³-hybridized carbons (Fsp3) is 0.929. The first-order valence-corrected chi connectivity index (χ1v) is 6.86. The van der Waals surface area contributed by atoms with Gasteiger partial charge in [0.15, 0.2) is 0 Å². The van der Waals surface area contributed by atoms with Crippen LogP contribution in [-0.4, -0.2) is 55.9 Å². The topological polar surface area (TPSA) is 23.6 Å². The number of nitrogens with zero attached hydrogens (tertiary/aromatic N) is 2. The number of likely N-dealkylation sites (tertiary alicyclic amines) is 1. The standard InChI is InChI=1S/C14H28N2O/c1-5-8-14(2,12-17)11-16-9-6-13(7-10-16)15(3)4/h12-13H,5-11H2,1-4H3. The van der Waals surface area contributed by atoms with Crippen LogP contribution in [0.5, 0.6) is 0 Å². The summed E-state index contributed by atoms with van der Waals surface area (Å²) >= 11 is 0. The summed E-state index contributed by atoms with van der Waals surface area (Å²) in [6.07, 6.45) is 5.71. The lowest BCUT2D eigenvalue weighted by Gasteiger charge is -2.38. The van der Waals surface area contributed by atoms with Crippen LogP contribution in [0.2, 0.25) is 0 Å². The van der Waals surface area contributed by atoms with Crippen molar-refractivity contribution in [3.63, 3.8) is 0 Å². The molecule has 1 heterocycles. The Kier molecular flexibility index (Phi) is 5.60. The SMILES string of the molecule is CCCC(C)(C=O)CN1CCC(N(C)C)CC1. The maximum atomic E-state index is 11.2. The molecule has 1 fully saturated rings. The molecule has 0 aromatic carbocycles. The Bertz CT molecular complexity index is 234. The normalized spacial score (nSPS) is 22.6. The third-order valence-corrected chi connectivity index (χ3v) is 3.98. The van der Waals surface area contributed by atoms with Crippen molar-refractivity contribution >= 4 is 6.29 Å². The zero-order valence-electron chi connectivity index (χ0n) is 11.9. The molecule has 0 bridgehead atoms. The number of carbonyl (C=O) groups is 1. The zero-order chi connectivity index (χ0) is 12.9. The Morgan fingerprint density at radius 2 is 1.94 bits per heavy atom. The molecule has 0 amide bonds. The van der Waals surface area contributed by atoms with Crippen molar-refractivity contribution in [1.29, 1.82) is 0 Å². The van der Waals surface area contributed by atoms with Crippen molar-refractivity contribution in [2.24, 2.45) is 5.41 Å². The smallest absolute Gasteiger partial charge is 0.127 e. The minimum Gasteiger partial charge on any atom is -0.306 e. The summed E-state index contributed by atoms with van der Waals surface area (Å²) in [4.78, 5) is 16.0. The highest BCUT2D eigenvalue weighted by molar-refractivity contribution is 5.59. The summed E-state index contributed by atoms with van der Waals surface area (Å²) < 4.78 is 0. The molecule has 0 saturated carbocycles. The number of hydrogen-bond donors (Lipinski definition) is 0. The average Bonchev–Trinajstić information content (AvgIpc) is 2.30. The third-order valence-electron chi connectivity index (χ3n) is 3.98. The van der Waals surface area contributed by atoms with Crippen LogP contribution >= 0.6 is 0 Å². The Balaban J connectivity index is 2.41. The highest BCUT2D eigenvalue weighted by Crippen LogP contribution is 2.24. The molecule has 3 heteroatoms. The van der Waals surface area contributed by atoms with Gasteiger partial charge in [-0.05, 0) is 46.4 Å². The van der Waals surface area contributed by atoms with Gasteiger partial charge in [0, 0.05) is 18.0 Å². The predicted molar refractivity (Wildman–Crippen MR) is 72.2 cm³/mol. The lowest BCUT2D eigenvalue weighted by Crippen LogP contribution is -2.46. The van der Waals surface area contributed by atoms with E-state index in [0.29, 0.717) is 0 Å². The lowest BCUT2D eigenvalue weighted by atomic mass is 9.86. The molecule has 17 heavy (non-hydrogen) atoms.